The summed E-state index contributed by atoms with van der Waals surface area (Å²) in [7, 11) is -9.92. The minimum Gasteiger partial charge on any atom is -0.462 e. The number of aliphatic hydroxyl groups is 1. The highest BCUT2D eigenvalue weighted by Crippen LogP contribution is 2.45. The molecule has 0 amide bonds. The van der Waals surface area contributed by atoms with E-state index in [1.54, 1.807) is 0 Å². The van der Waals surface area contributed by atoms with E-state index in [0.717, 1.165) is 108 Å². The van der Waals surface area contributed by atoms with Crippen molar-refractivity contribution in [3.8, 4) is 0 Å². The Hall–Kier alpha value is -1.94. The number of phosphoric acid groups is 2. The van der Waals surface area contributed by atoms with Gasteiger partial charge >= 0.3 is 39.5 Å². The Bertz CT molecular complexity index is 1960. The van der Waals surface area contributed by atoms with Gasteiger partial charge in [0.1, 0.15) is 19.3 Å². The molecular formula is C82H160O17P2. The molecule has 101 heavy (non-hydrogen) atoms. The third kappa shape index (κ3) is 73.4. The molecule has 4 unspecified atom stereocenters. The van der Waals surface area contributed by atoms with Crippen molar-refractivity contribution in [2.24, 2.45) is 17.8 Å². The summed E-state index contributed by atoms with van der Waals surface area (Å²) in [6.07, 6.45) is 61.1. The fraction of sp³-hybridized carbons (Fsp3) is 0.951. The van der Waals surface area contributed by atoms with Crippen LogP contribution in [-0.2, 0) is 65.4 Å². The van der Waals surface area contributed by atoms with Crippen molar-refractivity contribution in [3.63, 3.8) is 0 Å². The molecule has 0 aromatic carbocycles. The Morgan fingerprint density at radius 3 is 0.752 bits per heavy atom. The van der Waals surface area contributed by atoms with E-state index < -0.39 is 97.5 Å². The molecule has 0 heterocycles. The van der Waals surface area contributed by atoms with Gasteiger partial charge in [0.25, 0.3) is 0 Å². The van der Waals surface area contributed by atoms with Crippen LogP contribution in [0, 0.1) is 17.8 Å². The van der Waals surface area contributed by atoms with Gasteiger partial charge in [-0.15, -0.1) is 0 Å². The number of ether oxygens (including phenoxy) is 4. The molecule has 0 rings (SSSR count). The van der Waals surface area contributed by atoms with Crippen molar-refractivity contribution in [1.82, 2.24) is 0 Å². The molecule has 17 nitrogen and oxygen atoms in total. The molecule has 0 saturated heterocycles. The molecule has 0 aromatic rings. The fourth-order valence-electron chi connectivity index (χ4n) is 12.6. The lowest BCUT2D eigenvalue weighted by molar-refractivity contribution is -0.161. The van der Waals surface area contributed by atoms with Crippen LogP contribution in [0.1, 0.15) is 427 Å². The predicted octanol–water partition coefficient (Wildman–Crippen LogP) is 24.5. The molecule has 0 saturated carbocycles. The fourth-order valence-corrected chi connectivity index (χ4v) is 14.2. The third-order valence-electron chi connectivity index (χ3n) is 19.9. The van der Waals surface area contributed by atoms with E-state index in [1.165, 1.54) is 238 Å². The van der Waals surface area contributed by atoms with Gasteiger partial charge in [0.2, 0.25) is 0 Å². The summed E-state index contributed by atoms with van der Waals surface area (Å²) in [5.74, 6) is 0.226. The number of phosphoric ester groups is 2. The number of unbranched alkanes of at least 4 members (excludes halogenated alkanes) is 46. The first-order chi connectivity index (χ1) is 48.8. The Morgan fingerprint density at radius 1 is 0.287 bits per heavy atom. The van der Waals surface area contributed by atoms with Gasteiger partial charge in [-0.25, -0.2) is 9.13 Å². The van der Waals surface area contributed by atoms with Crippen LogP contribution >= 0.6 is 15.6 Å². The average Bonchev–Trinajstić information content (AvgIpc) is 0.961. The molecule has 19 heteroatoms. The van der Waals surface area contributed by atoms with Crippen molar-refractivity contribution >= 4 is 39.5 Å². The van der Waals surface area contributed by atoms with Gasteiger partial charge in [0.15, 0.2) is 12.2 Å². The molecular weight excluding hydrogens is 1320 g/mol. The van der Waals surface area contributed by atoms with Crippen LogP contribution in [0.5, 0.6) is 0 Å². The Labute approximate surface area is 619 Å². The van der Waals surface area contributed by atoms with Crippen LogP contribution < -0.4 is 0 Å². The quantitative estimate of drug-likeness (QED) is 0.0222. The van der Waals surface area contributed by atoms with Crippen LogP contribution in [0.4, 0.5) is 0 Å². The lowest BCUT2D eigenvalue weighted by Gasteiger charge is -2.21. The summed E-state index contributed by atoms with van der Waals surface area (Å²) in [5, 5.41) is 10.6. The average molecular weight is 1480 g/mol. The molecule has 0 radical (unpaired) electrons. The zero-order valence-electron chi connectivity index (χ0n) is 66.4. The van der Waals surface area contributed by atoms with Gasteiger partial charge in [0, 0.05) is 25.7 Å². The number of rotatable bonds is 80. The zero-order chi connectivity index (χ0) is 74.4. The summed E-state index contributed by atoms with van der Waals surface area (Å²) in [5.41, 5.74) is 0. The van der Waals surface area contributed by atoms with Crippen LogP contribution in [-0.4, -0.2) is 96.7 Å². The number of esters is 4. The highest BCUT2D eigenvalue weighted by atomic mass is 31.2. The van der Waals surface area contributed by atoms with E-state index in [1.807, 2.05) is 0 Å². The maximum atomic E-state index is 13.1. The molecule has 600 valence electrons. The molecule has 7 atom stereocenters. The van der Waals surface area contributed by atoms with E-state index in [9.17, 15) is 43.2 Å². The molecule has 0 aromatic heterocycles. The second kappa shape index (κ2) is 72.3. The standard InChI is InChI=1S/C82H160O17P2/c1-8-11-12-13-14-15-16-17-18-19-20-21-22-23-24-25-26-27-35-44-51-58-65-81(86)98-77(69-92-79(84)63-56-49-42-34-30-28-32-40-47-54-61-74(6)9-2)71-96-100(88,89)94-67-76(83)68-95-101(90,91)97-72-78(70-93-80(85)64-57-50-43-38-37-39-46-53-60-73(4)5)99-82(87)66-59-52-45-36-31-29-33-41-48-55-62-75(7)10-3/h73-78,83H,8-72H2,1-7H3,(H,88,89)(H,90,91)/t74?,75?,76-,77-,78-/m1/s1. The van der Waals surface area contributed by atoms with Gasteiger partial charge in [-0.2, -0.15) is 0 Å². The van der Waals surface area contributed by atoms with Crippen molar-refractivity contribution < 1.29 is 80.2 Å². The molecule has 0 fully saturated rings. The van der Waals surface area contributed by atoms with Crippen LogP contribution in [0.25, 0.3) is 0 Å². The van der Waals surface area contributed by atoms with Gasteiger partial charge in [-0.05, 0) is 43.4 Å². The molecule has 3 N–H and O–H groups in total. The molecule has 0 spiro atoms. The molecule has 0 aliphatic rings. The van der Waals surface area contributed by atoms with E-state index in [-0.39, 0.29) is 25.7 Å². The van der Waals surface area contributed by atoms with Crippen LogP contribution in [0.3, 0.4) is 0 Å². The number of carbonyl (C=O) groups excluding carboxylic acids is 4. The second-order valence-corrected chi connectivity index (χ2v) is 33.4. The van der Waals surface area contributed by atoms with Crippen molar-refractivity contribution in [1.29, 1.82) is 0 Å². The zero-order valence-corrected chi connectivity index (χ0v) is 68.2. The minimum atomic E-state index is -4.96. The predicted molar refractivity (Wildman–Crippen MR) is 414 cm³/mol. The first kappa shape index (κ1) is 99.1. The number of carbonyl (C=O) groups is 4. The van der Waals surface area contributed by atoms with E-state index >= 15 is 0 Å². The smallest absolute Gasteiger partial charge is 0.462 e. The van der Waals surface area contributed by atoms with E-state index in [4.69, 9.17) is 37.0 Å². The first-order valence-corrected chi connectivity index (χ1v) is 45.4. The lowest BCUT2D eigenvalue weighted by atomic mass is 9.99. The van der Waals surface area contributed by atoms with E-state index in [2.05, 4.69) is 48.5 Å². The molecule has 0 bridgehead atoms. The van der Waals surface area contributed by atoms with Crippen molar-refractivity contribution in [2.45, 2.75) is 446 Å². The summed E-state index contributed by atoms with van der Waals surface area (Å²) in [6, 6.07) is 0. The third-order valence-corrected chi connectivity index (χ3v) is 21.8. The lowest BCUT2D eigenvalue weighted by Crippen LogP contribution is -2.30. The largest absolute Gasteiger partial charge is 0.472 e. The van der Waals surface area contributed by atoms with Crippen LogP contribution in [0.15, 0.2) is 0 Å². The van der Waals surface area contributed by atoms with Gasteiger partial charge < -0.3 is 33.8 Å². The highest BCUT2D eigenvalue weighted by Gasteiger charge is 2.30. The first-order valence-electron chi connectivity index (χ1n) is 42.4. The summed E-state index contributed by atoms with van der Waals surface area (Å²) in [6.45, 7) is 12.0. The Kier molecular flexibility index (Phi) is 70.9. The second-order valence-electron chi connectivity index (χ2n) is 30.5. The summed E-state index contributed by atoms with van der Waals surface area (Å²) in [4.78, 5) is 73.1. The summed E-state index contributed by atoms with van der Waals surface area (Å²) >= 11 is 0. The van der Waals surface area contributed by atoms with Crippen molar-refractivity contribution in [3.05, 3.63) is 0 Å². The number of hydrogen-bond donors (Lipinski definition) is 3. The van der Waals surface area contributed by atoms with Gasteiger partial charge in [-0.1, -0.05) is 376 Å². The maximum absolute atomic E-state index is 13.1. The molecule has 0 aliphatic heterocycles. The highest BCUT2D eigenvalue weighted by molar-refractivity contribution is 7.47. The Morgan fingerprint density at radius 2 is 0.505 bits per heavy atom. The molecule has 0 aliphatic carbocycles. The van der Waals surface area contributed by atoms with Crippen LogP contribution in [0.2, 0.25) is 0 Å². The minimum absolute atomic E-state index is 0.106. The maximum Gasteiger partial charge on any atom is 0.472 e. The van der Waals surface area contributed by atoms with Crippen molar-refractivity contribution in [2.75, 3.05) is 39.6 Å². The SMILES string of the molecule is CCCCCCCCCCCCCCCCCCCCCCCCC(=O)O[C@H](COC(=O)CCCCCCCCCCCCC(C)CC)COP(=O)(O)OC[C@@H](O)COP(=O)(O)OC[C@@H](COC(=O)CCCCCCCCCCC(C)C)OC(=O)CCCCCCCCCCCCC(C)CC. The van der Waals surface area contributed by atoms with Gasteiger partial charge in [0.05, 0.1) is 26.4 Å². The monoisotopic (exact) mass is 1480 g/mol. The number of aliphatic hydroxyl groups excluding tert-OH is 1. The normalized spacial score (nSPS) is 14.5. The van der Waals surface area contributed by atoms with E-state index in [0.29, 0.717) is 25.7 Å². The Balaban J connectivity index is 5.23. The van der Waals surface area contributed by atoms with Gasteiger partial charge in [-0.3, -0.25) is 37.3 Å². The summed E-state index contributed by atoms with van der Waals surface area (Å²) < 4.78 is 68.7. The topological polar surface area (TPSA) is 237 Å². The number of hydrogen-bond acceptors (Lipinski definition) is 15.